The first-order valence-electron chi connectivity index (χ1n) is 6.95. The Bertz CT molecular complexity index is 394. The minimum atomic E-state index is -0.170. The van der Waals surface area contributed by atoms with E-state index < -0.39 is 0 Å². The number of aliphatic hydroxyl groups excluding tert-OH is 1. The molecule has 0 radical (unpaired) electrons. The van der Waals surface area contributed by atoms with E-state index in [2.05, 4.69) is 19.9 Å². The van der Waals surface area contributed by atoms with E-state index in [9.17, 15) is 5.11 Å². The largest absolute Gasteiger partial charge is 0.495 e. The molecular weight excluding hydrogens is 212 g/mol. The van der Waals surface area contributed by atoms with Crippen LogP contribution in [0.3, 0.4) is 0 Å². The first kappa shape index (κ1) is 11.3. The molecule has 0 bridgehead atoms. The summed E-state index contributed by atoms with van der Waals surface area (Å²) in [6, 6.07) is 0. The number of aliphatic hydroxyl groups is 1. The van der Waals surface area contributed by atoms with E-state index in [0.717, 1.165) is 38.5 Å². The van der Waals surface area contributed by atoms with Crippen LogP contribution in [0.25, 0.3) is 0 Å². The molecule has 3 rings (SSSR count). The number of rotatable bonds is 1. The Morgan fingerprint density at radius 1 is 1.47 bits per heavy atom. The Hall–Kier alpha value is -0.760. The van der Waals surface area contributed by atoms with Crippen LogP contribution in [0.4, 0.5) is 0 Å². The van der Waals surface area contributed by atoms with E-state index in [1.165, 1.54) is 16.9 Å². The fraction of sp³-hybridized carbons (Fsp3) is 0.733. The molecule has 1 aliphatic heterocycles. The average molecular weight is 234 g/mol. The molecule has 0 aromatic rings. The highest BCUT2D eigenvalue weighted by Crippen LogP contribution is 2.55. The molecule has 3 atom stereocenters. The van der Waals surface area contributed by atoms with Crippen LogP contribution in [-0.2, 0) is 4.74 Å². The highest BCUT2D eigenvalue weighted by atomic mass is 16.5. The average Bonchev–Trinajstić information content (AvgIpc) is 2.67. The predicted molar refractivity (Wildman–Crippen MR) is 67.5 cm³/mol. The summed E-state index contributed by atoms with van der Waals surface area (Å²) in [7, 11) is 0. The van der Waals surface area contributed by atoms with Crippen LogP contribution in [0.2, 0.25) is 0 Å². The van der Waals surface area contributed by atoms with Crippen molar-refractivity contribution >= 4 is 0 Å². The van der Waals surface area contributed by atoms with Gasteiger partial charge < -0.3 is 9.84 Å². The number of hydrogen-bond donors (Lipinski definition) is 1. The molecule has 94 valence electrons. The van der Waals surface area contributed by atoms with Crippen molar-refractivity contribution in [3.8, 4) is 0 Å². The summed E-state index contributed by atoms with van der Waals surface area (Å²) in [6.07, 6.45) is 8.67. The molecule has 0 fully saturated rings. The van der Waals surface area contributed by atoms with Crippen molar-refractivity contribution in [1.82, 2.24) is 0 Å². The predicted octanol–water partition coefficient (Wildman–Crippen LogP) is 3.32. The fourth-order valence-corrected chi connectivity index (χ4v) is 3.86. The van der Waals surface area contributed by atoms with Crippen molar-refractivity contribution in [2.24, 2.45) is 5.41 Å². The van der Waals surface area contributed by atoms with Crippen molar-refractivity contribution in [2.75, 3.05) is 0 Å². The summed E-state index contributed by atoms with van der Waals surface area (Å²) in [5, 5.41) is 10.3. The van der Waals surface area contributed by atoms with Crippen LogP contribution in [-0.4, -0.2) is 17.3 Å². The molecule has 0 aromatic carbocycles. The number of hydrogen-bond acceptors (Lipinski definition) is 2. The van der Waals surface area contributed by atoms with Gasteiger partial charge in [-0.05, 0) is 50.2 Å². The third-order valence-electron chi connectivity index (χ3n) is 4.95. The van der Waals surface area contributed by atoms with Gasteiger partial charge in [-0.25, -0.2) is 0 Å². The standard InChI is InChI=1S/C15H22O2/c1-3-15-9-8-13-11(5-4-10(2)17-13)12(15)6-7-14(15)16/h6,10,14,16H,3-5,7-9H2,1-2H3. The third kappa shape index (κ3) is 1.50. The maximum absolute atomic E-state index is 10.3. The molecule has 2 heteroatoms. The summed E-state index contributed by atoms with van der Waals surface area (Å²) < 4.78 is 5.98. The maximum atomic E-state index is 10.3. The second-order valence-electron chi connectivity index (χ2n) is 5.75. The zero-order valence-corrected chi connectivity index (χ0v) is 10.8. The molecule has 3 unspecified atom stereocenters. The zero-order chi connectivity index (χ0) is 12.0. The summed E-state index contributed by atoms with van der Waals surface area (Å²) >= 11 is 0. The summed E-state index contributed by atoms with van der Waals surface area (Å²) in [4.78, 5) is 0. The monoisotopic (exact) mass is 234 g/mol. The van der Waals surface area contributed by atoms with Gasteiger partial charge in [-0.3, -0.25) is 0 Å². The second kappa shape index (κ2) is 3.88. The number of allylic oxidation sites excluding steroid dienone is 2. The van der Waals surface area contributed by atoms with E-state index in [4.69, 9.17) is 4.74 Å². The molecular formula is C15H22O2. The first-order chi connectivity index (χ1) is 8.17. The van der Waals surface area contributed by atoms with Gasteiger partial charge in [0, 0.05) is 11.8 Å². The highest BCUT2D eigenvalue weighted by Gasteiger charge is 2.47. The van der Waals surface area contributed by atoms with Gasteiger partial charge in [0.25, 0.3) is 0 Å². The summed E-state index contributed by atoms with van der Waals surface area (Å²) in [5.74, 6) is 1.22. The van der Waals surface area contributed by atoms with Gasteiger partial charge in [-0.1, -0.05) is 13.0 Å². The first-order valence-corrected chi connectivity index (χ1v) is 6.95. The Labute approximate surface area is 103 Å². The van der Waals surface area contributed by atoms with Crippen molar-refractivity contribution in [3.05, 3.63) is 23.0 Å². The molecule has 0 saturated carbocycles. The molecule has 0 aromatic heterocycles. The number of fused-ring (bicyclic) bond motifs is 2. The van der Waals surface area contributed by atoms with Gasteiger partial charge in [-0.15, -0.1) is 0 Å². The molecule has 0 amide bonds. The fourth-order valence-electron chi connectivity index (χ4n) is 3.86. The second-order valence-corrected chi connectivity index (χ2v) is 5.75. The molecule has 1 N–H and O–H groups in total. The van der Waals surface area contributed by atoms with E-state index in [-0.39, 0.29) is 11.5 Å². The van der Waals surface area contributed by atoms with E-state index >= 15 is 0 Å². The topological polar surface area (TPSA) is 29.5 Å². The Balaban J connectivity index is 2.00. The Morgan fingerprint density at radius 2 is 2.29 bits per heavy atom. The van der Waals surface area contributed by atoms with Gasteiger partial charge in [0.1, 0.15) is 0 Å². The van der Waals surface area contributed by atoms with Crippen LogP contribution in [0.5, 0.6) is 0 Å². The molecule has 17 heavy (non-hydrogen) atoms. The van der Waals surface area contributed by atoms with Gasteiger partial charge in [0.15, 0.2) is 0 Å². The van der Waals surface area contributed by atoms with Gasteiger partial charge in [-0.2, -0.15) is 0 Å². The lowest BCUT2D eigenvalue weighted by atomic mass is 9.66. The van der Waals surface area contributed by atoms with Crippen LogP contribution in [0, 0.1) is 5.41 Å². The lowest BCUT2D eigenvalue weighted by molar-refractivity contribution is 0.0349. The Kier molecular flexibility index (Phi) is 2.58. The third-order valence-corrected chi connectivity index (χ3v) is 4.95. The van der Waals surface area contributed by atoms with Crippen LogP contribution in [0.1, 0.15) is 52.4 Å². The van der Waals surface area contributed by atoms with E-state index in [1.54, 1.807) is 0 Å². The molecule has 0 saturated heterocycles. The van der Waals surface area contributed by atoms with Gasteiger partial charge >= 0.3 is 0 Å². The Morgan fingerprint density at radius 3 is 3.06 bits per heavy atom. The normalized spacial score (nSPS) is 40.5. The molecule has 2 nitrogen and oxygen atoms in total. The molecule has 1 heterocycles. The molecule has 0 spiro atoms. The van der Waals surface area contributed by atoms with Crippen LogP contribution >= 0.6 is 0 Å². The van der Waals surface area contributed by atoms with E-state index in [1.807, 2.05) is 0 Å². The summed E-state index contributed by atoms with van der Waals surface area (Å²) in [6.45, 7) is 4.36. The van der Waals surface area contributed by atoms with Gasteiger partial charge in [0.05, 0.1) is 18.0 Å². The smallest absolute Gasteiger partial charge is 0.0998 e. The lowest BCUT2D eigenvalue weighted by Crippen LogP contribution is -2.37. The van der Waals surface area contributed by atoms with Crippen molar-refractivity contribution < 1.29 is 9.84 Å². The van der Waals surface area contributed by atoms with Crippen molar-refractivity contribution in [1.29, 1.82) is 0 Å². The SMILES string of the molecule is CCC12CCC3=C(CCC(C)O3)C1=CCC2O. The van der Waals surface area contributed by atoms with Crippen molar-refractivity contribution in [3.63, 3.8) is 0 Å². The van der Waals surface area contributed by atoms with Crippen LogP contribution in [0.15, 0.2) is 23.0 Å². The highest BCUT2D eigenvalue weighted by molar-refractivity contribution is 5.46. The number of ether oxygens (including phenoxy) is 1. The lowest BCUT2D eigenvalue weighted by Gasteiger charge is -2.42. The minimum absolute atomic E-state index is 0.0444. The quantitative estimate of drug-likeness (QED) is 0.754. The van der Waals surface area contributed by atoms with Gasteiger partial charge in [0.2, 0.25) is 0 Å². The summed E-state index contributed by atoms with van der Waals surface area (Å²) in [5.41, 5.74) is 2.89. The van der Waals surface area contributed by atoms with Crippen molar-refractivity contribution in [2.45, 2.75) is 64.6 Å². The molecule has 2 aliphatic carbocycles. The maximum Gasteiger partial charge on any atom is 0.0998 e. The van der Waals surface area contributed by atoms with Crippen LogP contribution < -0.4 is 0 Å². The zero-order valence-electron chi connectivity index (χ0n) is 10.8. The van der Waals surface area contributed by atoms with E-state index in [0.29, 0.717) is 6.10 Å². The molecule has 3 aliphatic rings. The minimum Gasteiger partial charge on any atom is -0.495 e.